The molecule has 1 aliphatic rings. The van der Waals surface area contributed by atoms with Gasteiger partial charge in [0.15, 0.2) is 9.84 Å². The quantitative estimate of drug-likeness (QED) is 0.0986. The van der Waals surface area contributed by atoms with Crippen LogP contribution in [0, 0.1) is 0 Å². The van der Waals surface area contributed by atoms with Crippen LogP contribution >= 0.6 is 0 Å². The smallest absolute Gasteiger partial charge is 0.329 e. The molecule has 1 aliphatic heterocycles. The Balaban J connectivity index is 1.22. The lowest BCUT2D eigenvalue weighted by Crippen LogP contribution is -2.46. The average molecular weight is 765 g/mol. The van der Waals surface area contributed by atoms with E-state index in [0.717, 1.165) is 96.4 Å². The van der Waals surface area contributed by atoms with Crippen molar-refractivity contribution in [1.29, 1.82) is 0 Å². The molecule has 0 spiro atoms. The first-order valence-electron chi connectivity index (χ1n) is 19.0. The SMILES string of the molecule is CC(C)(C)c1cc(S(C)(=O)=O)ccc1-c1ccc2cc(OCc3ccccc3)ccc2c1Oc1ccc(N2CCN(CCCCCOCC(=O)O)CC2)cc1. The van der Waals surface area contributed by atoms with Gasteiger partial charge in [-0.25, -0.2) is 13.2 Å². The number of nitrogens with zero attached hydrogens (tertiary/aromatic N) is 2. The monoisotopic (exact) mass is 764 g/mol. The van der Waals surface area contributed by atoms with Crippen molar-refractivity contribution in [3.05, 3.63) is 114 Å². The Morgan fingerprint density at radius 1 is 0.782 bits per heavy atom. The van der Waals surface area contributed by atoms with Gasteiger partial charge in [0.1, 0.15) is 30.5 Å². The minimum Gasteiger partial charge on any atom is -0.489 e. The highest BCUT2D eigenvalue weighted by Crippen LogP contribution is 2.44. The summed E-state index contributed by atoms with van der Waals surface area (Å²) >= 11 is 0. The summed E-state index contributed by atoms with van der Waals surface area (Å²) in [5, 5.41) is 10.6. The Labute approximate surface area is 325 Å². The van der Waals surface area contributed by atoms with Gasteiger partial charge in [0.05, 0.1) is 4.90 Å². The van der Waals surface area contributed by atoms with Crippen molar-refractivity contribution in [2.24, 2.45) is 0 Å². The average Bonchev–Trinajstić information content (AvgIpc) is 3.16. The summed E-state index contributed by atoms with van der Waals surface area (Å²) in [6, 6.07) is 33.9. The molecule has 0 amide bonds. The van der Waals surface area contributed by atoms with Gasteiger partial charge in [0.2, 0.25) is 0 Å². The number of sulfone groups is 1. The normalized spacial score (nSPS) is 13.9. The van der Waals surface area contributed by atoms with E-state index in [1.54, 1.807) is 12.1 Å². The molecule has 0 atom stereocenters. The first-order chi connectivity index (χ1) is 26.3. The zero-order valence-electron chi connectivity index (χ0n) is 32.3. The molecule has 6 rings (SSSR count). The number of hydrogen-bond acceptors (Lipinski definition) is 8. The first-order valence-corrected chi connectivity index (χ1v) is 20.9. The lowest BCUT2D eigenvalue weighted by Gasteiger charge is -2.36. The van der Waals surface area contributed by atoms with E-state index in [2.05, 4.69) is 54.8 Å². The number of hydrogen-bond donors (Lipinski definition) is 1. The maximum absolute atomic E-state index is 12.6. The Morgan fingerprint density at radius 3 is 2.18 bits per heavy atom. The van der Waals surface area contributed by atoms with Gasteiger partial charge in [0.25, 0.3) is 0 Å². The summed E-state index contributed by atoms with van der Waals surface area (Å²) in [7, 11) is -3.41. The van der Waals surface area contributed by atoms with Crippen molar-refractivity contribution >= 4 is 32.3 Å². The van der Waals surface area contributed by atoms with Crippen molar-refractivity contribution < 1.29 is 32.5 Å². The fourth-order valence-electron chi connectivity index (χ4n) is 6.99. The number of rotatable bonds is 16. The number of carboxylic acids is 1. The van der Waals surface area contributed by atoms with E-state index in [4.69, 9.17) is 19.3 Å². The minimum absolute atomic E-state index is 0.229. The third-order valence-electron chi connectivity index (χ3n) is 9.99. The van der Waals surface area contributed by atoms with Crippen LogP contribution in [0.2, 0.25) is 0 Å². The van der Waals surface area contributed by atoms with Crippen LogP contribution < -0.4 is 14.4 Å². The van der Waals surface area contributed by atoms with Crippen molar-refractivity contribution in [1.82, 2.24) is 4.90 Å². The van der Waals surface area contributed by atoms with Crippen molar-refractivity contribution in [3.8, 4) is 28.4 Å². The van der Waals surface area contributed by atoms with Gasteiger partial charge in [-0.3, -0.25) is 4.90 Å². The highest BCUT2D eigenvalue weighted by Gasteiger charge is 2.25. The van der Waals surface area contributed by atoms with E-state index in [-0.39, 0.29) is 12.0 Å². The molecule has 0 radical (unpaired) electrons. The molecule has 0 aromatic heterocycles. The number of fused-ring (bicyclic) bond motifs is 1. The molecule has 5 aromatic carbocycles. The number of carboxylic acid groups (broad SMARTS) is 1. The van der Waals surface area contributed by atoms with Crippen molar-refractivity contribution in [2.75, 3.05) is 57.1 Å². The highest BCUT2D eigenvalue weighted by molar-refractivity contribution is 7.90. The Hall–Kier alpha value is -4.90. The highest BCUT2D eigenvalue weighted by atomic mass is 32.2. The molecular formula is C45H52N2O7S. The van der Waals surface area contributed by atoms with E-state index >= 15 is 0 Å². The van der Waals surface area contributed by atoms with Crippen LogP contribution in [0.3, 0.4) is 0 Å². The largest absolute Gasteiger partial charge is 0.489 e. The number of benzene rings is 5. The van der Waals surface area contributed by atoms with Gasteiger partial charge in [0, 0.05) is 55.7 Å². The van der Waals surface area contributed by atoms with Crippen LogP contribution in [-0.4, -0.2) is 76.6 Å². The van der Waals surface area contributed by atoms with Gasteiger partial charge >= 0.3 is 5.97 Å². The van der Waals surface area contributed by atoms with Gasteiger partial charge in [-0.1, -0.05) is 63.2 Å². The van der Waals surface area contributed by atoms with Gasteiger partial charge in [-0.05, 0) is 114 Å². The molecular weight excluding hydrogens is 713 g/mol. The molecule has 5 aromatic rings. The van der Waals surface area contributed by atoms with Crippen LogP contribution in [0.4, 0.5) is 5.69 Å². The summed E-state index contributed by atoms with van der Waals surface area (Å²) in [5.74, 6) is 1.23. The summed E-state index contributed by atoms with van der Waals surface area (Å²) in [6.45, 7) is 11.9. The summed E-state index contributed by atoms with van der Waals surface area (Å²) in [4.78, 5) is 15.8. The molecule has 0 unspecified atom stereocenters. The van der Waals surface area contributed by atoms with Crippen LogP contribution in [-0.2, 0) is 31.4 Å². The third kappa shape index (κ3) is 10.7. The third-order valence-corrected chi connectivity index (χ3v) is 11.1. The van der Waals surface area contributed by atoms with E-state index < -0.39 is 15.8 Å². The second-order valence-corrected chi connectivity index (χ2v) is 17.3. The standard InChI is InChI=1S/C45H52N2O7S/c1-45(2,3)42-30-38(55(4,50)51)19-22-40(42)41-20-13-34-29-37(53-31-33-11-7-5-8-12-33)18-21-39(34)44(41)54-36-16-14-35(15-17-36)47-26-24-46(25-27-47)23-9-6-10-28-52-32-43(48)49/h5,7-8,11-22,29-30H,6,9-10,23-28,31-32H2,1-4H3,(H,48,49). The number of aliphatic carboxylic acids is 1. The molecule has 1 N–H and O–H groups in total. The molecule has 55 heavy (non-hydrogen) atoms. The lowest BCUT2D eigenvalue weighted by molar-refractivity contribution is -0.142. The van der Waals surface area contributed by atoms with E-state index in [1.807, 2.05) is 66.7 Å². The molecule has 0 saturated carbocycles. The number of ether oxygens (including phenoxy) is 3. The molecule has 9 nitrogen and oxygen atoms in total. The summed E-state index contributed by atoms with van der Waals surface area (Å²) < 4.78 is 43.4. The molecule has 1 saturated heterocycles. The molecule has 0 bridgehead atoms. The fraction of sp³-hybridized carbons (Fsp3) is 0.356. The Morgan fingerprint density at radius 2 is 1.49 bits per heavy atom. The number of carbonyl (C=O) groups is 1. The van der Waals surface area contributed by atoms with Crippen molar-refractivity contribution in [2.45, 2.75) is 57.0 Å². The Kier molecular flexibility index (Phi) is 12.8. The number of unbranched alkanes of at least 4 members (excludes halogenated alkanes) is 2. The zero-order chi connectivity index (χ0) is 39.0. The molecule has 0 aliphatic carbocycles. The number of anilines is 1. The summed E-state index contributed by atoms with van der Waals surface area (Å²) in [5.41, 5.74) is 4.61. The Bertz CT molecular complexity index is 2170. The fourth-order valence-corrected chi connectivity index (χ4v) is 7.64. The number of piperazine rings is 1. The maximum atomic E-state index is 12.6. The van der Waals surface area contributed by atoms with Crippen molar-refractivity contribution in [3.63, 3.8) is 0 Å². The first kappa shape index (κ1) is 39.8. The van der Waals surface area contributed by atoms with Gasteiger partial charge in [-0.15, -0.1) is 0 Å². The van der Waals surface area contributed by atoms with Crippen LogP contribution in [0.1, 0.15) is 51.2 Å². The van der Waals surface area contributed by atoms with Gasteiger partial charge < -0.3 is 24.2 Å². The zero-order valence-corrected chi connectivity index (χ0v) is 33.1. The predicted molar refractivity (Wildman–Crippen MR) is 219 cm³/mol. The maximum Gasteiger partial charge on any atom is 0.329 e. The van der Waals surface area contributed by atoms with E-state index in [9.17, 15) is 13.2 Å². The van der Waals surface area contributed by atoms with Gasteiger partial charge in [-0.2, -0.15) is 0 Å². The topological polar surface area (TPSA) is 106 Å². The molecule has 1 heterocycles. The predicted octanol–water partition coefficient (Wildman–Crippen LogP) is 8.97. The van der Waals surface area contributed by atoms with E-state index in [1.165, 1.54) is 6.26 Å². The van der Waals surface area contributed by atoms with E-state index in [0.29, 0.717) is 29.6 Å². The second kappa shape index (κ2) is 17.7. The summed E-state index contributed by atoms with van der Waals surface area (Å²) in [6.07, 6.45) is 4.21. The van der Waals surface area contributed by atoms with Crippen LogP contribution in [0.25, 0.3) is 21.9 Å². The van der Waals surface area contributed by atoms with Crippen LogP contribution in [0.15, 0.2) is 108 Å². The van der Waals surface area contributed by atoms with Crippen LogP contribution in [0.5, 0.6) is 17.2 Å². The molecule has 290 valence electrons. The lowest BCUT2D eigenvalue weighted by atomic mass is 9.81. The second-order valence-electron chi connectivity index (χ2n) is 15.3. The molecule has 1 fully saturated rings. The minimum atomic E-state index is -3.41. The molecule has 10 heteroatoms.